The average molecular weight is 436 g/mol. The number of nitrogens with zero attached hydrogens (tertiary/aromatic N) is 1. The molecule has 1 aliphatic carbocycles. The van der Waals surface area contributed by atoms with Crippen molar-refractivity contribution >= 4 is 38.9 Å². The van der Waals surface area contributed by atoms with Crippen molar-refractivity contribution in [3.63, 3.8) is 0 Å². The van der Waals surface area contributed by atoms with E-state index in [1.807, 2.05) is 24.3 Å². The normalized spacial score (nSPS) is 22.9. The molecular formula is C24H21NO5S. The summed E-state index contributed by atoms with van der Waals surface area (Å²) in [6.07, 6.45) is 2.73. The lowest BCUT2D eigenvalue weighted by atomic mass is 9.79. The van der Waals surface area contributed by atoms with Crippen molar-refractivity contribution in [2.45, 2.75) is 31.5 Å². The first kappa shape index (κ1) is 19.8. The van der Waals surface area contributed by atoms with E-state index < -0.39 is 0 Å². The van der Waals surface area contributed by atoms with Crippen molar-refractivity contribution in [1.29, 1.82) is 0 Å². The maximum absolute atomic E-state index is 13.1. The second-order valence-electron chi connectivity index (χ2n) is 7.73. The third kappa shape index (κ3) is 3.81. The van der Waals surface area contributed by atoms with Crippen LogP contribution in [0.5, 0.6) is 5.75 Å². The van der Waals surface area contributed by atoms with Crippen LogP contribution in [0.15, 0.2) is 54.8 Å². The van der Waals surface area contributed by atoms with E-state index in [-0.39, 0.29) is 29.9 Å². The third-order valence-electron chi connectivity index (χ3n) is 5.83. The molecule has 5 rings (SSSR count). The highest BCUT2D eigenvalue weighted by atomic mass is 32.1. The van der Waals surface area contributed by atoms with Crippen molar-refractivity contribution in [3.05, 3.63) is 65.4 Å². The van der Waals surface area contributed by atoms with Crippen LogP contribution in [0.2, 0.25) is 0 Å². The molecule has 31 heavy (non-hydrogen) atoms. The van der Waals surface area contributed by atoms with E-state index in [2.05, 4.69) is 4.98 Å². The molecule has 2 aliphatic rings. The number of carbonyl (C=O) groups is 2. The molecule has 3 unspecified atom stereocenters. The summed E-state index contributed by atoms with van der Waals surface area (Å²) >= 11 is 1.50. The van der Waals surface area contributed by atoms with Gasteiger partial charge in [-0.25, -0.2) is 9.78 Å². The van der Waals surface area contributed by atoms with Gasteiger partial charge in [-0.2, -0.15) is 0 Å². The quantitative estimate of drug-likeness (QED) is 0.556. The zero-order chi connectivity index (χ0) is 21.4. The van der Waals surface area contributed by atoms with Gasteiger partial charge in [0.2, 0.25) is 0 Å². The van der Waals surface area contributed by atoms with Crippen LogP contribution in [0.1, 0.15) is 34.6 Å². The van der Waals surface area contributed by atoms with Crippen LogP contribution < -0.4 is 4.74 Å². The average Bonchev–Trinajstić information content (AvgIpc) is 3.23. The third-order valence-corrected chi connectivity index (χ3v) is 6.90. The SMILES string of the molecule is COc1ccc(C(=O)OC2CCC3C(=O)C(c4nc5ccccc5s4)=COC3C2)cc1. The molecule has 0 N–H and O–H groups in total. The largest absolute Gasteiger partial charge is 0.497 e. The van der Waals surface area contributed by atoms with E-state index in [4.69, 9.17) is 14.2 Å². The number of thiazole rings is 1. The number of methoxy groups -OCH3 is 1. The van der Waals surface area contributed by atoms with E-state index in [0.717, 1.165) is 10.2 Å². The molecule has 0 saturated heterocycles. The molecule has 2 aromatic carbocycles. The molecule has 7 heteroatoms. The number of carbonyl (C=O) groups excluding carboxylic acids is 2. The Morgan fingerprint density at radius 2 is 1.94 bits per heavy atom. The summed E-state index contributed by atoms with van der Waals surface area (Å²) in [5, 5.41) is 0.692. The fourth-order valence-electron chi connectivity index (χ4n) is 4.15. The van der Waals surface area contributed by atoms with Gasteiger partial charge in [0, 0.05) is 6.42 Å². The van der Waals surface area contributed by atoms with Crippen LogP contribution in [-0.2, 0) is 14.3 Å². The number of hydrogen-bond acceptors (Lipinski definition) is 7. The monoisotopic (exact) mass is 435 g/mol. The molecule has 1 fully saturated rings. The van der Waals surface area contributed by atoms with Gasteiger partial charge in [-0.3, -0.25) is 4.79 Å². The highest BCUT2D eigenvalue weighted by Gasteiger charge is 2.42. The molecule has 0 bridgehead atoms. The second kappa shape index (κ2) is 8.15. The molecule has 3 atom stereocenters. The molecule has 0 spiro atoms. The Balaban J connectivity index is 1.27. The fraction of sp³-hybridized carbons (Fsp3) is 0.292. The van der Waals surface area contributed by atoms with Crippen LogP contribution in [-0.4, -0.2) is 36.1 Å². The topological polar surface area (TPSA) is 74.7 Å². The number of aromatic nitrogens is 1. The summed E-state index contributed by atoms with van der Waals surface area (Å²) in [5.74, 6) is 0.138. The number of ketones is 1. The lowest BCUT2D eigenvalue weighted by molar-refractivity contribution is -0.126. The standard InChI is InChI=1S/C24H21NO5S/c1-28-15-8-6-14(7-9-15)24(27)30-16-10-11-17-20(12-16)29-13-18(22(17)26)23-25-19-4-2-3-5-21(19)31-23/h2-9,13,16-17,20H,10-12H2,1H3. The zero-order valence-corrected chi connectivity index (χ0v) is 17.8. The van der Waals surface area contributed by atoms with Gasteiger partial charge in [-0.05, 0) is 49.2 Å². The summed E-state index contributed by atoms with van der Waals surface area (Å²) in [5.41, 5.74) is 1.89. The van der Waals surface area contributed by atoms with Gasteiger partial charge >= 0.3 is 5.97 Å². The van der Waals surface area contributed by atoms with Crippen LogP contribution in [0, 0.1) is 5.92 Å². The second-order valence-corrected chi connectivity index (χ2v) is 8.76. The van der Waals surface area contributed by atoms with Gasteiger partial charge < -0.3 is 14.2 Å². The van der Waals surface area contributed by atoms with Gasteiger partial charge in [0.15, 0.2) is 5.78 Å². The van der Waals surface area contributed by atoms with E-state index in [1.165, 1.54) is 17.6 Å². The maximum Gasteiger partial charge on any atom is 0.338 e. The number of ether oxygens (including phenoxy) is 3. The van der Waals surface area contributed by atoms with Gasteiger partial charge in [-0.1, -0.05) is 12.1 Å². The number of para-hydroxylation sites is 1. The lowest BCUT2D eigenvalue weighted by Crippen LogP contribution is -2.41. The number of Topliss-reactive ketones (excluding diaryl/α,β-unsaturated/α-hetero) is 1. The maximum atomic E-state index is 13.1. The highest BCUT2D eigenvalue weighted by Crippen LogP contribution is 2.39. The first-order chi connectivity index (χ1) is 15.1. The van der Waals surface area contributed by atoms with Crippen molar-refractivity contribution in [2.75, 3.05) is 7.11 Å². The molecule has 0 amide bonds. The summed E-state index contributed by atoms with van der Waals surface area (Å²) in [6.45, 7) is 0. The van der Waals surface area contributed by atoms with Gasteiger partial charge in [-0.15, -0.1) is 11.3 Å². The summed E-state index contributed by atoms with van der Waals surface area (Å²) < 4.78 is 17.8. The van der Waals surface area contributed by atoms with Crippen molar-refractivity contribution in [1.82, 2.24) is 4.98 Å². The minimum absolute atomic E-state index is 0.0650. The Morgan fingerprint density at radius 3 is 2.71 bits per heavy atom. The van der Waals surface area contributed by atoms with Crippen LogP contribution in [0.25, 0.3) is 15.8 Å². The molecule has 6 nitrogen and oxygen atoms in total. The molecule has 1 saturated carbocycles. The van der Waals surface area contributed by atoms with Crippen LogP contribution in [0.3, 0.4) is 0 Å². The van der Waals surface area contributed by atoms with E-state index in [9.17, 15) is 9.59 Å². The van der Waals surface area contributed by atoms with Crippen molar-refractivity contribution in [3.8, 4) is 5.75 Å². The minimum Gasteiger partial charge on any atom is -0.497 e. The molecule has 1 aromatic heterocycles. The summed E-state index contributed by atoms with van der Waals surface area (Å²) in [7, 11) is 1.58. The smallest absolute Gasteiger partial charge is 0.338 e. The lowest BCUT2D eigenvalue weighted by Gasteiger charge is -2.36. The Hall–Kier alpha value is -3.19. The molecule has 1 aliphatic heterocycles. The Labute approximate surface area is 183 Å². The Morgan fingerprint density at radius 1 is 1.13 bits per heavy atom. The Bertz CT molecular complexity index is 1130. The van der Waals surface area contributed by atoms with Crippen molar-refractivity contribution in [2.24, 2.45) is 5.92 Å². The number of hydrogen-bond donors (Lipinski definition) is 0. The van der Waals surface area contributed by atoms with E-state index in [1.54, 1.807) is 31.4 Å². The minimum atomic E-state index is -0.376. The predicted octanol–water partition coefficient (Wildman–Crippen LogP) is 4.64. The van der Waals surface area contributed by atoms with Gasteiger partial charge in [0.1, 0.15) is 23.0 Å². The molecule has 158 valence electrons. The molecule has 3 aromatic rings. The summed E-state index contributed by atoms with van der Waals surface area (Å²) in [4.78, 5) is 30.2. The number of benzene rings is 2. The number of allylic oxidation sites excluding steroid dienone is 1. The predicted molar refractivity (Wildman–Crippen MR) is 117 cm³/mol. The molecule has 2 heterocycles. The zero-order valence-electron chi connectivity index (χ0n) is 16.9. The first-order valence-electron chi connectivity index (χ1n) is 10.2. The van der Waals surface area contributed by atoms with Gasteiger partial charge in [0.25, 0.3) is 0 Å². The van der Waals surface area contributed by atoms with E-state index in [0.29, 0.717) is 41.2 Å². The van der Waals surface area contributed by atoms with Crippen LogP contribution >= 0.6 is 11.3 Å². The summed E-state index contributed by atoms with van der Waals surface area (Å²) in [6, 6.07) is 14.6. The Kier molecular flexibility index (Phi) is 5.19. The van der Waals surface area contributed by atoms with E-state index >= 15 is 0 Å². The number of rotatable bonds is 4. The number of fused-ring (bicyclic) bond motifs is 2. The van der Waals surface area contributed by atoms with Crippen molar-refractivity contribution < 1.29 is 23.8 Å². The highest BCUT2D eigenvalue weighted by molar-refractivity contribution is 7.19. The van der Waals surface area contributed by atoms with Gasteiger partial charge in [0.05, 0.1) is 40.6 Å². The fourth-order valence-corrected chi connectivity index (χ4v) is 5.13. The van der Waals surface area contributed by atoms with Crippen LogP contribution in [0.4, 0.5) is 0 Å². The number of esters is 1. The first-order valence-corrected chi connectivity index (χ1v) is 11.0. The molecule has 0 radical (unpaired) electrons. The molecular weight excluding hydrogens is 414 g/mol.